The van der Waals surface area contributed by atoms with Crippen LogP contribution in [0.25, 0.3) is 0 Å². The third kappa shape index (κ3) is 8.25. The van der Waals surface area contributed by atoms with Crippen molar-refractivity contribution >= 4 is 24.9 Å². The van der Waals surface area contributed by atoms with Crippen LogP contribution in [0.3, 0.4) is 0 Å². The minimum absolute atomic E-state index is 0. The first-order valence-electron chi connectivity index (χ1n) is 10.0. The van der Waals surface area contributed by atoms with Gasteiger partial charge in [0, 0.05) is 20.4 Å². The van der Waals surface area contributed by atoms with Crippen LogP contribution in [0.5, 0.6) is 0 Å². The zero-order valence-corrected chi connectivity index (χ0v) is 19.7. The Morgan fingerprint density at radius 3 is 1.04 bits per heavy atom. The normalized spacial score (nSPS) is 23.4. The summed E-state index contributed by atoms with van der Waals surface area (Å²) in [5.41, 5.74) is 3.57. The Labute approximate surface area is 177 Å². The summed E-state index contributed by atoms with van der Waals surface area (Å²) >= 11 is 0. The Bertz CT molecular complexity index is 249. The van der Waals surface area contributed by atoms with Gasteiger partial charge in [0.25, 0.3) is 0 Å². The van der Waals surface area contributed by atoms with Crippen molar-refractivity contribution in [3.63, 3.8) is 0 Å². The molecule has 0 aromatic rings. The molecule has 3 aliphatic rings. The van der Waals surface area contributed by atoms with Crippen LogP contribution in [0, 0.1) is 6.92 Å². The van der Waals surface area contributed by atoms with Crippen LogP contribution < -0.4 is 0 Å². The van der Waals surface area contributed by atoms with Gasteiger partial charge >= 0.3 is 0 Å². The van der Waals surface area contributed by atoms with E-state index in [0.29, 0.717) is 7.92 Å². The molecular formula is C21H39BrPPd-. The predicted molar refractivity (Wildman–Crippen MR) is 113 cm³/mol. The quantitative estimate of drug-likeness (QED) is 0.205. The summed E-state index contributed by atoms with van der Waals surface area (Å²) in [6.07, 6.45) is 25.1. The van der Waals surface area contributed by atoms with Gasteiger partial charge in [-0.1, -0.05) is 65.7 Å². The summed E-state index contributed by atoms with van der Waals surface area (Å²) in [6.45, 7) is 6.50. The number of halogens is 1. The van der Waals surface area contributed by atoms with E-state index in [9.17, 15) is 0 Å². The van der Waals surface area contributed by atoms with E-state index in [1.54, 1.807) is 77.0 Å². The average Bonchev–Trinajstić information content (AvgIpc) is 2.59. The van der Waals surface area contributed by atoms with E-state index in [1.165, 1.54) is 42.3 Å². The minimum Gasteiger partial charge on any atom is -0.245 e. The van der Waals surface area contributed by atoms with Crippen LogP contribution in [-0.2, 0) is 20.4 Å². The van der Waals surface area contributed by atoms with Gasteiger partial charge in [-0.2, -0.15) is 0 Å². The summed E-state index contributed by atoms with van der Waals surface area (Å²) < 4.78 is 0. The van der Waals surface area contributed by atoms with Gasteiger partial charge in [0.05, 0.1) is 0 Å². The smallest absolute Gasteiger partial charge is 0 e. The molecule has 146 valence electrons. The Hall–Kier alpha value is 1.18. The molecule has 3 aliphatic carbocycles. The van der Waals surface area contributed by atoms with Gasteiger partial charge in [-0.05, 0) is 55.5 Å². The minimum atomic E-state index is 0. The average molecular weight is 509 g/mol. The van der Waals surface area contributed by atoms with Gasteiger partial charge in [-0.25, -0.2) is 19.6 Å². The fraction of sp³-hybridized carbons (Fsp3) is 0.857. The van der Waals surface area contributed by atoms with E-state index >= 15 is 0 Å². The van der Waals surface area contributed by atoms with Crippen LogP contribution in [0.4, 0.5) is 0 Å². The largest absolute Gasteiger partial charge is 0.245 e. The van der Waals surface area contributed by atoms with Crippen molar-refractivity contribution in [2.45, 2.75) is 113 Å². The first kappa shape index (κ1) is 25.2. The molecule has 0 aromatic carbocycles. The summed E-state index contributed by atoms with van der Waals surface area (Å²) in [6, 6.07) is 0. The van der Waals surface area contributed by atoms with Gasteiger partial charge in [0.2, 0.25) is 0 Å². The molecule has 0 atom stereocenters. The second-order valence-corrected chi connectivity index (χ2v) is 10.7. The van der Waals surface area contributed by atoms with Crippen molar-refractivity contribution in [2.24, 2.45) is 0 Å². The maximum Gasteiger partial charge on any atom is 0 e. The Morgan fingerprint density at radius 1 is 0.625 bits per heavy atom. The SMILES string of the molecule is Br.C1CCC(P(C2CCCCC2)C2CCCCC2)CC1.C=C[CH2-].[Pd]. The zero-order chi connectivity index (χ0) is 15.6. The second-order valence-electron chi connectivity index (χ2n) is 7.61. The molecule has 3 heteroatoms. The van der Waals surface area contributed by atoms with Crippen LogP contribution in [0.15, 0.2) is 12.7 Å². The van der Waals surface area contributed by atoms with Crippen molar-refractivity contribution in [1.82, 2.24) is 0 Å². The molecule has 3 saturated carbocycles. The van der Waals surface area contributed by atoms with Crippen molar-refractivity contribution in [3.05, 3.63) is 19.6 Å². The van der Waals surface area contributed by atoms with Gasteiger partial charge in [-0.3, -0.25) is 0 Å². The van der Waals surface area contributed by atoms with E-state index in [1.807, 2.05) is 0 Å². The second kappa shape index (κ2) is 15.3. The fourth-order valence-electron chi connectivity index (χ4n) is 5.03. The van der Waals surface area contributed by atoms with Gasteiger partial charge in [-0.15, -0.1) is 17.0 Å². The Morgan fingerprint density at radius 2 is 0.833 bits per heavy atom. The summed E-state index contributed by atoms with van der Waals surface area (Å²) in [4.78, 5) is 0. The topological polar surface area (TPSA) is 0 Å². The standard InChI is InChI=1S/C18H33P.C3H5.BrH.Pd/c1-4-10-16(11-5-1)19(17-12-6-2-7-13-17)18-14-8-3-9-15-18;1-3-2;;/h16-18H,1-15H2;3H,1-2H2;1H;/q;-1;;. The molecule has 0 N–H and O–H groups in total. The van der Waals surface area contributed by atoms with Crippen LogP contribution in [0.1, 0.15) is 96.3 Å². The molecule has 24 heavy (non-hydrogen) atoms. The molecule has 0 heterocycles. The number of hydrogen-bond donors (Lipinski definition) is 0. The molecular weight excluding hydrogens is 470 g/mol. The molecule has 3 fully saturated rings. The summed E-state index contributed by atoms with van der Waals surface area (Å²) in [5, 5.41) is 0. The predicted octanol–water partition coefficient (Wildman–Crippen LogP) is 8.05. The molecule has 0 spiro atoms. The Kier molecular flexibility index (Phi) is 16.0. The van der Waals surface area contributed by atoms with Gasteiger partial charge < -0.3 is 0 Å². The first-order valence-corrected chi connectivity index (χ1v) is 11.6. The van der Waals surface area contributed by atoms with E-state index in [-0.39, 0.29) is 37.4 Å². The van der Waals surface area contributed by atoms with Crippen molar-refractivity contribution in [1.29, 1.82) is 0 Å². The fourth-order valence-corrected chi connectivity index (χ4v) is 9.71. The van der Waals surface area contributed by atoms with Gasteiger partial charge in [0.1, 0.15) is 0 Å². The molecule has 0 saturated heterocycles. The maximum absolute atomic E-state index is 3.25. The van der Waals surface area contributed by atoms with E-state index in [4.69, 9.17) is 0 Å². The first-order chi connectivity index (χ1) is 10.9. The molecule has 3 rings (SSSR count). The molecule has 0 radical (unpaired) electrons. The third-order valence-corrected chi connectivity index (χ3v) is 10.1. The van der Waals surface area contributed by atoms with Crippen LogP contribution in [-0.4, -0.2) is 17.0 Å². The molecule has 0 amide bonds. The van der Waals surface area contributed by atoms with Gasteiger partial charge in [0.15, 0.2) is 0 Å². The van der Waals surface area contributed by atoms with Crippen molar-refractivity contribution in [2.75, 3.05) is 0 Å². The molecule has 0 unspecified atom stereocenters. The van der Waals surface area contributed by atoms with E-state index in [2.05, 4.69) is 13.5 Å². The maximum atomic E-state index is 3.25. The van der Waals surface area contributed by atoms with Crippen molar-refractivity contribution < 1.29 is 20.4 Å². The van der Waals surface area contributed by atoms with E-state index in [0.717, 1.165) is 0 Å². The molecule has 0 bridgehead atoms. The third-order valence-electron chi connectivity index (χ3n) is 5.99. The number of hydrogen-bond acceptors (Lipinski definition) is 0. The monoisotopic (exact) mass is 507 g/mol. The number of rotatable bonds is 3. The summed E-state index contributed by atoms with van der Waals surface area (Å²) in [5.74, 6) is 0. The van der Waals surface area contributed by atoms with Crippen LogP contribution >= 0.6 is 24.9 Å². The summed E-state index contributed by atoms with van der Waals surface area (Å²) in [7, 11) is 0.385. The van der Waals surface area contributed by atoms with Crippen molar-refractivity contribution in [3.8, 4) is 0 Å². The number of allylic oxidation sites excluding steroid dienone is 1. The Balaban J connectivity index is 0.000000988. The van der Waals surface area contributed by atoms with E-state index < -0.39 is 0 Å². The van der Waals surface area contributed by atoms with Crippen LogP contribution in [0.2, 0.25) is 0 Å². The molecule has 0 aliphatic heterocycles. The molecule has 0 aromatic heterocycles. The zero-order valence-electron chi connectivity index (χ0n) is 15.5. The molecule has 0 nitrogen and oxygen atoms in total.